The third-order valence-electron chi connectivity index (χ3n) is 5.18. The van der Waals surface area contributed by atoms with Crippen LogP contribution in [0.1, 0.15) is 59.8 Å². The molecule has 0 radical (unpaired) electrons. The van der Waals surface area contributed by atoms with Gasteiger partial charge in [0, 0.05) is 19.3 Å². The predicted molar refractivity (Wildman–Crippen MR) is 79.0 cm³/mol. The van der Waals surface area contributed by atoms with Gasteiger partial charge in [-0.25, -0.2) is 0 Å². The molecule has 112 valence electrons. The van der Waals surface area contributed by atoms with Crippen molar-refractivity contribution in [3.8, 4) is 0 Å². The van der Waals surface area contributed by atoms with Gasteiger partial charge >= 0.3 is 8.80 Å². The largest absolute Gasteiger partial charge is 0.500 e. The molecule has 4 heteroatoms. The van der Waals surface area contributed by atoms with Crippen molar-refractivity contribution in [1.82, 2.24) is 0 Å². The fourth-order valence-corrected chi connectivity index (χ4v) is 6.50. The average molecular weight is 286 g/mol. The van der Waals surface area contributed by atoms with Crippen molar-refractivity contribution in [2.24, 2.45) is 11.3 Å². The second-order valence-electron chi connectivity index (χ2n) is 6.17. The highest BCUT2D eigenvalue weighted by Crippen LogP contribution is 2.57. The summed E-state index contributed by atoms with van der Waals surface area (Å²) in [6, 6.07) is 0.874. The van der Waals surface area contributed by atoms with Crippen LogP contribution in [0.4, 0.5) is 0 Å². The molecule has 2 fully saturated rings. The first kappa shape index (κ1) is 15.5. The van der Waals surface area contributed by atoms with Crippen molar-refractivity contribution in [3.05, 3.63) is 0 Å². The highest BCUT2D eigenvalue weighted by molar-refractivity contribution is 6.60. The van der Waals surface area contributed by atoms with Crippen molar-refractivity contribution in [3.63, 3.8) is 0 Å². The number of hydrogen-bond donors (Lipinski definition) is 0. The average Bonchev–Trinajstić information content (AvgIpc) is 3.01. The highest BCUT2D eigenvalue weighted by atomic mass is 28.4. The molecule has 0 amide bonds. The van der Waals surface area contributed by atoms with Crippen LogP contribution in [-0.4, -0.2) is 28.1 Å². The minimum Gasteiger partial charge on any atom is -0.374 e. The Morgan fingerprint density at radius 3 is 2.05 bits per heavy atom. The van der Waals surface area contributed by atoms with E-state index < -0.39 is 8.80 Å². The van der Waals surface area contributed by atoms with Crippen LogP contribution in [0.5, 0.6) is 0 Å². The van der Waals surface area contributed by atoms with E-state index in [0.29, 0.717) is 18.6 Å². The predicted octanol–water partition coefficient (Wildman–Crippen LogP) is 4.00. The lowest BCUT2D eigenvalue weighted by Gasteiger charge is -2.39. The Morgan fingerprint density at radius 1 is 1.11 bits per heavy atom. The van der Waals surface area contributed by atoms with Crippen LogP contribution in [0, 0.1) is 11.3 Å². The molecule has 2 bridgehead atoms. The van der Waals surface area contributed by atoms with Crippen molar-refractivity contribution in [1.29, 1.82) is 0 Å². The van der Waals surface area contributed by atoms with Gasteiger partial charge < -0.3 is 13.3 Å². The normalized spacial score (nSPS) is 31.9. The fourth-order valence-electron chi connectivity index (χ4n) is 4.04. The van der Waals surface area contributed by atoms with E-state index in [4.69, 9.17) is 13.3 Å². The molecule has 1 atom stereocenters. The van der Waals surface area contributed by atoms with Gasteiger partial charge in [0.2, 0.25) is 0 Å². The first-order chi connectivity index (χ1) is 9.10. The molecule has 0 aromatic carbocycles. The SMILES string of the molecule is CCO[Si](CC)(OCC)OC(C)C12CCC(CC1)C2. The fraction of sp³-hybridized carbons (Fsp3) is 1.00. The molecule has 0 aliphatic heterocycles. The van der Waals surface area contributed by atoms with Gasteiger partial charge in [0.25, 0.3) is 0 Å². The zero-order valence-corrected chi connectivity index (χ0v) is 14.0. The highest BCUT2D eigenvalue weighted by Gasteiger charge is 2.52. The standard InChI is InChI=1S/C15H30O3Si/c1-5-16-19(7-3,17-6-2)18-13(4)15-10-8-14(12-15)9-11-15/h13-14H,5-12H2,1-4H3. The molecule has 0 aromatic heterocycles. The molecular weight excluding hydrogens is 256 g/mol. The van der Waals surface area contributed by atoms with Crippen LogP contribution >= 0.6 is 0 Å². The Labute approximate surface area is 119 Å². The molecule has 0 N–H and O–H groups in total. The lowest BCUT2D eigenvalue weighted by molar-refractivity contribution is -0.0168. The summed E-state index contributed by atoms with van der Waals surface area (Å²) in [5.41, 5.74) is 0.423. The third-order valence-corrected chi connectivity index (χ3v) is 8.21. The van der Waals surface area contributed by atoms with Crippen LogP contribution in [-0.2, 0) is 13.3 Å². The zero-order chi connectivity index (χ0) is 13.9. The van der Waals surface area contributed by atoms with E-state index in [1.807, 2.05) is 13.8 Å². The second-order valence-corrected chi connectivity index (χ2v) is 9.06. The van der Waals surface area contributed by atoms with Gasteiger partial charge in [-0.2, -0.15) is 0 Å². The molecule has 0 aromatic rings. The molecular formula is C15H30O3Si. The Kier molecular flexibility index (Phi) is 5.09. The van der Waals surface area contributed by atoms with Gasteiger partial charge in [0.05, 0.1) is 6.10 Å². The Bertz CT molecular complexity index is 281. The Morgan fingerprint density at radius 2 is 1.68 bits per heavy atom. The number of hydrogen-bond acceptors (Lipinski definition) is 3. The van der Waals surface area contributed by atoms with Crippen LogP contribution in [0.2, 0.25) is 6.04 Å². The zero-order valence-electron chi connectivity index (χ0n) is 13.0. The molecule has 0 spiro atoms. The van der Waals surface area contributed by atoms with Crippen molar-refractivity contribution >= 4 is 8.80 Å². The van der Waals surface area contributed by atoms with Gasteiger partial charge in [-0.3, -0.25) is 0 Å². The summed E-state index contributed by atoms with van der Waals surface area (Å²) in [6.45, 7) is 9.82. The molecule has 2 rings (SSSR count). The quantitative estimate of drug-likeness (QED) is 0.631. The summed E-state index contributed by atoms with van der Waals surface area (Å²) >= 11 is 0. The second kappa shape index (κ2) is 6.25. The smallest absolute Gasteiger partial charge is 0.374 e. The number of rotatable bonds is 8. The van der Waals surface area contributed by atoms with E-state index in [-0.39, 0.29) is 6.10 Å². The molecule has 2 aliphatic carbocycles. The third kappa shape index (κ3) is 3.07. The lowest BCUT2D eigenvalue weighted by Crippen LogP contribution is -2.50. The summed E-state index contributed by atoms with van der Waals surface area (Å²) < 4.78 is 18.4. The molecule has 0 heterocycles. The molecule has 19 heavy (non-hydrogen) atoms. The van der Waals surface area contributed by atoms with Gasteiger partial charge in [-0.1, -0.05) is 6.92 Å². The van der Waals surface area contributed by atoms with E-state index in [1.54, 1.807) is 0 Å². The van der Waals surface area contributed by atoms with E-state index in [9.17, 15) is 0 Å². The van der Waals surface area contributed by atoms with Gasteiger partial charge in [-0.15, -0.1) is 0 Å². The summed E-state index contributed by atoms with van der Waals surface area (Å²) in [5, 5.41) is 0. The van der Waals surface area contributed by atoms with Crippen molar-refractivity contribution in [2.75, 3.05) is 13.2 Å². The molecule has 2 aliphatic rings. The van der Waals surface area contributed by atoms with E-state index in [0.717, 1.165) is 12.0 Å². The van der Waals surface area contributed by atoms with Crippen LogP contribution in [0.25, 0.3) is 0 Å². The minimum atomic E-state index is -2.44. The maximum atomic E-state index is 6.47. The molecule has 1 unspecified atom stereocenters. The first-order valence-corrected chi connectivity index (χ1v) is 9.98. The van der Waals surface area contributed by atoms with E-state index in [1.165, 1.54) is 32.1 Å². The molecule has 3 nitrogen and oxygen atoms in total. The summed E-state index contributed by atoms with van der Waals surface area (Å²) in [7, 11) is -2.44. The maximum absolute atomic E-state index is 6.47. The minimum absolute atomic E-state index is 0.282. The molecule has 2 saturated carbocycles. The van der Waals surface area contributed by atoms with Crippen LogP contribution < -0.4 is 0 Å². The lowest BCUT2D eigenvalue weighted by atomic mass is 9.80. The van der Waals surface area contributed by atoms with E-state index in [2.05, 4.69) is 13.8 Å². The first-order valence-electron chi connectivity index (χ1n) is 8.05. The summed E-state index contributed by atoms with van der Waals surface area (Å²) in [6.07, 6.45) is 7.12. The van der Waals surface area contributed by atoms with Crippen molar-refractivity contribution in [2.45, 2.75) is 71.9 Å². The van der Waals surface area contributed by atoms with E-state index >= 15 is 0 Å². The summed E-state index contributed by atoms with van der Waals surface area (Å²) in [4.78, 5) is 0. The maximum Gasteiger partial charge on any atom is 0.500 e. The number of fused-ring (bicyclic) bond motifs is 2. The Balaban J connectivity index is 2.03. The van der Waals surface area contributed by atoms with Crippen LogP contribution in [0.15, 0.2) is 0 Å². The van der Waals surface area contributed by atoms with Gasteiger partial charge in [0.1, 0.15) is 0 Å². The van der Waals surface area contributed by atoms with Crippen molar-refractivity contribution < 1.29 is 13.3 Å². The van der Waals surface area contributed by atoms with Crippen LogP contribution in [0.3, 0.4) is 0 Å². The topological polar surface area (TPSA) is 27.7 Å². The molecule has 0 saturated heterocycles. The van der Waals surface area contributed by atoms with Gasteiger partial charge in [0.15, 0.2) is 0 Å². The van der Waals surface area contributed by atoms with Gasteiger partial charge in [-0.05, 0) is 64.2 Å². The Hall–Kier alpha value is 0.0969. The summed E-state index contributed by atoms with van der Waals surface area (Å²) in [5.74, 6) is 0.961. The monoisotopic (exact) mass is 286 g/mol.